The molecule has 9 nitrogen and oxygen atoms in total. The van der Waals surface area contributed by atoms with Crippen LogP contribution in [0.4, 0.5) is 0 Å². The number of benzene rings is 1. The van der Waals surface area contributed by atoms with Gasteiger partial charge < -0.3 is 9.64 Å². The number of carbonyl (C=O) groups excluding carboxylic acids is 1. The second-order valence-electron chi connectivity index (χ2n) is 7.41. The zero-order chi connectivity index (χ0) is 22.4. The molecule has 0 atom stereocenters. The molecule has 1 amide bonds. The summed E-state index contributed by atoms with van der Waals surface area (Å²) in [5, 5.41) is 0. The molecule has 1 saturated heterocycles. The van der Waals surface area contributed by atoms with Gasteiger partial charge in [0.1, 0.15) is 5.75 Å². The minimum atomic E-state index is -3.22. The van der Waals surface area contributed by atoms with Crippen LogP contribution in [0.2, 0.25) is 0 Å². The average Bonchev–Trinajstić information content (AvgIpc) is 2.75. The summed E-state index contributed by atoms with van der Waals surface area (Å²) in [7, 11) is -3.22. The van der Waals surface area contributed by atoms with Gasteiger partial charge >= 0.3 is 0 Å². The van der Waals surface area contributed by atoms with Gasteiger partial charge in [-0.25, -0.2) is 13.4 Å². The SMILES string of the molecule is CCOc1ccc(-c2cc(=O)n(CCCC(=O)N3CCN(S(C)(=O)=O)CC3)cn2)cc1. The van der Waals surface area contributed by atoms with Gasteiger partial charge in [-0.1, -0.05) is 0 Å². The number of aryl methyl sites for hydroxylation is 1. The molecule has 2 aromatic rings. The molecule has 0 spiro atoms. The van der Waals surface area contributed by atoms with E-state index in [1.807, 2.05) is 31.2 Å². The van der Waals surface area contributed by atoms with Crippen LogP contribution in [-0.2, 0) is 21.4 Å². The summed E-state index contributed by atoms with van der Waals surface area (Å²) in [6.07, 6.45) is 3.49. The Labute approximate surface area is 182 Å². The standard InChI is InChI=1S/C21H28N4O5S/c1-3-30-18-8-6-17(7-9-18)19-15-21(27)24(16-22-19)10-4-5-20(26)23-11-13-25(14-12-23)31(2,28)29/h6-9,15-16H,3-5,10-14H2,1-2H3. The highest BCUT2D eigenvalue weighted by Crippen LogP contribution is 2.19. The van der Waals surface area contributed by atoms with Crippen molar-refractivity contribution in [2.45, 2.75) is 26.3 Å². The van der Waals surface area contributed by atoms with Gasteiger partial charge in [0.15, 0.2) is 0 Å². The molecule has 1 aromatic heterocycles. The Morgan fingerprint density at radius 1 is 1.13 bits per heavy atom. The number of ether oxygens (including phenoxy) is 1. The maximum Gasteiger partial charge on any atom is 0.253 e. The minimum Gasteiger partial charge on any atom is -0.494 e. The van der Waals surface area contributed by atoms with Crippen molar-refractivity contribution in [3.05, 3.63) is 47.0 Å². The van der Waals surface area contributed by atoms with Gasteiger partial charge in [-0.05, 0) is 37.6 Å². The first-order valence-electron chi connectivity index (χ1n) is 10.3. The molecular formula is C21H28N4O5S. The Hall–Kier alpha value is -2.72. The van der Waals surface area contributed by atoms with E-state index >= 15 is 0 Å². The van der Waals surface area contributed by atoms with Gasteiger partial charge in [0.2, 0.25) is 15.9 Å². The molecule has 0 radical (unpaired) electrons. The lowest BCUT2D eigenvalue weighted by atomic mass is 10.1. The third-order valence-electron chi connectivity index (χ3n) is 5.19. The third kappa shape index (κ3) is 6.14. The molecule has 1 aromatic carbocycles. The van der Waals surface area contributed by atoms with Crippen molar-refractivity contribution in [1.29, 1.82) is 0 Å². The first kappa shape index (κ1) is 23.0. The van der Waals surface area contributed by atoms with Crippen molar-refractivity contribution in [1.82, 2.24) is 18.8 Å². The first-order valence-corrected chi connectivity index (χ1v) is 12.2. The van der Waals surface area contributed by atoms with Crippen molar-refractivity contribution in [3.63, 3.8) is 0 Å². The quantitative estimate of drug-likeness (QED) is 0.601. The van der Waals surface area contributed by atoms with E-state index in [9.17, 15) is 18.0 Å². The Morgan fingerprint density at radius 3 is 2.39 bits per heavy atom. The molecule has 10 heteroatoms. The van der Waals surface area contributed by atoms with Gasteiger partial charge in [-0.2, -0.15) is 4.31 Å². The Kier molecular flexibility index (Phi) is 7.45. The number of rotatable bonds is 8. The summed E-state index contributed by atoms with van der Waals surface area (Å²) in [5.41, 5.74) is 1.24. The van der Waals surface area contributed by atoms with Crippen LogP contribution in [0.15, 0.2) is 41.5 Å². The number of amides is 1. The molecule has 0 bridgehead atoms. The molecule has 0 saturated carbocycles. The summed E-state index contributed by atoms with van der Waals surface area (Å²) < 4.78 is 31.4. The van der Waals surface area contributed by atoms with E-state index in [4.69, 9.17) is 4.74 Å². The van der Waals surface area contributed by atoms with Crippen LogP contribution in [0.5, 0.6) is 5.75 Å². The van der Waals surface area contributed by atoms with Crippen molar-refractivity contribution in [2.75, 3.05) is 39.0 Å². The third-order valence-corrected chi connectivity index (χ3v) is 6.49. The number of hydrogen-bond acceptors (Lipinski definition) is 6. The summed E-state index contributed by atoms with van der Waals surface area (Å²) >= 11 is 0. The Balaban J connectivity index is 1.51. The van der Waals surface area contributed by atoms with Crippen LogP contribution in [0, 0.1) is 0 Å². The maximum absolute atomic E-state index is 12.4. The number of hydrogen-bond donors (Lipinski definition) is 0. The zero-order valence-corrected chi connectivity index (χ0v) is 18.7. The van der Waals surface area contributed by atoms with E-state index in [1.54, 1.807) is 4.90 Å². The highest BCUT2D eigenvalue weighted by Gasteiger charge is 2.25. The molecular weight excluding hydrogens is 420 g/mol. The van der Waals surface area contributed by atoms with Crippen molar-refractivity contribution in [2.24, 2.45) is 0 Å². The van der Waals surface area contributed by atoms with Gasteiger partial charge in [0, 0.05) is 50.8 Å². The smallest absolute Gasteiger partial charge is 0.253 e. The molecule has 1 aliphatic heterocycles. The van der Waals surface area contributed by atoms with E-state index in [0.717, 1.165) is 11.3 Å². The second kappa shape index (κ2) is 10.1. The van der Waals surface area contributed by atoms with Gasteiger partial charge in [-0.3, -0.25) is 14.2 Å². The number of piperazine rings is 1. The first-order chi connectivity index (χ1) is 14.8. The molecule has 0 N–H and O–H groups in total. The van der Waals surface area contributed by atoms with Crippen molar-refractivity contribution in [3.8, 4) is 17.0 Å². The van der Waals surface area contributed by atoms with Gasteiger partial charge in [-0.15, -0.1) is 0 Å². The molecule has 1 fully saturated rings. The zero-order valence-electron chi connectivity index (χ0n) is 17.9. The summed E-state index contributed by atoms with van der Waals surface area (Å²) in [6, 6.07) is 8.89. The summed E-state index contributed by atoms with van der Waals surface area (Å²) in [4.78, 5) is 30.9. The van der Waals surface area contributed by atoms with Gasteiger partial charge in [0.25, 0.3) is 5.56 Å². The largest absolute Gasteiger partial charge is 0.494 e. The molecule has 2 heterocycles. The second-order valence-corrected chi connectivity index (χ2v) is 9.39. The summed E-state index contributed by atoms with van der Waals surface area (Å²) in [6.45, 7) is 4.33. The summed E-state index contributed by atoms with van der Waals surface area (Å²) in [5.74, 6) is 0.738. The number of nitrogens with zero attached hydrogens (tertiary/aromatic N) is 4. The number of aromatic nitrogens is 2. The highest BCUT2D eigenvalue weighted by molar-refractivity contribution is 7.88. The fraction of sp³-hybridized carbons (Fsp3) is 0.476. The van der Waals surface area contributed by atoms with E-state index in [-0.39, 0.29) is 11.5 Å². The van der Waals surface area contributed by atoms with Crippen LogP contribution in [0.3, 0.4) is 0 Å². The van der Waals surface area contributed by atoms with E-state index in [2.05, 4.69) is 4.98 Å². The fourth-order valence-corrected chi connectivity index (χ4v) is 4.29. The predicted octanol–water partition coefficient (Wildman–Crippen LogP) is 1.19. The van der Waals surface area contributed by atoms with Crippen LogP contribution in [0.25, 0.3) is 11.3 Å². The van der Waals surface area contributed by atoms with E-state index in [0.29, 0.717) is 57.9 Å². The lowest BCUT2D eigenvalue weighted by molar-refractivity contribution is -0.132. The maximum atomic E-state index is 12.4. The molecule has 3 rings (SSSR count). The molecule has 0 aliphatic carbocycles. The Morgan fingerprint density at radius 2 is 1.81 bits per heavy atom. The molecule has 168 valence electrons. The van der Waals surface area contributed by atoms with E-state index < -0.39 is 10.0 Å². The lowest BCUT2D eigenvalue weighted by Gasteiger charge is -2.33. The molecule has 1 aliphatic rings. The fourth-order valence-electron chi connectivity index (χ4n) is 3.47. The van der Waals surface area contributed by atoms with Crippen molar-refractivity contribution < 1.29 is 17.9 Å². The van der Waals surface area contributed by atoms with Gasteiger partial charge in [0.05, 0.1) is 24.9 Å². The number of carbonyl (C=O) groups is 1. The van der Waals surface area contributed by atoms with Crippen LogP contribution in [0.1, 0.15) is 19.8 Å². The monoisotopic (exact) mass is 448 g/mol. The highest BCUT2D eigenvalue weighted by atomic mass is 32.2. The number of sulfonamides is 1. The topological polar surface area (TPSA) is 102 Å². The normalized spacial score (nSPS) is 15.1. The molecule has 0 unspecified atom stereocenters. The van der Waals surface area contributed by atoms with Crippen LogP contribution < -0.4 is 10.3 Å². The lowest BCUT2D eigenvalue weighted by Crippen LogP contribution is -2.50. The van der Waals surface area contributed by atoms with Crippen molar-refractivity contribution >= 4 is 15.9 Å². The van der Waals surface area contributed by atoms with Crippen LogP contribution in [-0.4, -0.2) is 72.1 Å². The minimum absolute atomic E-state index is 0.0276. The average molecular weight is 449 g/mol. The predicted molar refractivity (Wildman–Crippen MR) is 117 cm³/mol. The molecule has 31 heavy (non-hydrogen) atoms. The Bertz CT molecular complexity index is 1060. The van der Waals surface area contributed by atoms with Crippen LogP contribution >= 0.6 is 0 Å². The van der Waals surface area contributed by atoms with E-state index in [1.165, 1.54) is 27.5 Å².